The highest BCUT2D eigenvalue weighted by Crippen LogP contribution is 2.27. The summed E-state index contributed by atoms with van der Waals surface area (Å²) in [6, 6.07) is 10.8. The van der Waals surface area contributed by atoms with Gasteiger partial charge in [0.1, 0.15) is 5.75 Å². The molecule has 0 radical (unpaired) electrons. The minimum Gasteiger partial charge on any atom is -0.495 e. The average molecular weight is 335 g/mol. The number of benzene rings is 2. The van der Waals surface area contributed by atoms with Gasteiger partial charge in [-0.05, 0) is 42.8 Å². The normalized spacial score (nSPS) is 10.2. The van der Waals surface area contributed by atoms with E-state index in [2.05, 4.69) is 21.2 Å². The Hall–Kier alpha value is -2.01. The maximum atomic E-state index is 12.3. The van der Waals surface area contributed by atoms with Gasteiger partial charge >= 0.3 is 0 Å². The predicted molar refractivity (Wildman–Crippen MR) is 84.2 cm³/mol. The quantitative estimate of drug-likeness (QED) is 0.843. The Labute approximate surface area is 126 Å². The summed E-state index contributed by atoms with van der Waals surface area (Å²) in [6.07, 6.45) is 0. The van der Waals surface area contributed by atoms with E-state index < -0.39 is 0 Å². The molecule has 1 amide bonds. The van der Waals surface area contributed by atoms with Crippen molar-refractivity contribution in [3.8, 4) is 5.75 Å². The summed E-state index contributed by atoms with van der Waals surface area (Å²) in [7, 11) is 1.56. The number of ether oxygens (including phenoxy) is 1. The zero-order chi connectivity index (χ0) is 14.7. The maximum Gasteiger partial charge on any atom is 0.257 e. The van der Waals surface area contributed by atoms with E-state index in [9.17, 15) is 4.79 Å². The number of carbonyl (C=O) groups is 1. The van der Waals surface area contributed by atoms with Crippen LogP contribution in [0.15, 0.2) is 40.9 Å². The Bertz CT molecular complexity index is 656. The van der Waals surface area contributed by atoms with Crippen LogP contribution >= 0.6 is 15.9 Å². The predicted octanol–water partition coefficient (Wildman–Crippen LogP) is 3.60. The summed E-state index contributed by atoms with van der Waals surface area (Å²) < 4.78 is 6.03. The van der Waals surface area contributed by atoms with Gasteiger partial charge < -0.3 is 15.8 Å². The topological polar surface area (TPSA) is 64.3 Å². The lowest BCUT2D eigenvalue weighted by atomic mass is 10.1. The van der Waals surface area contributed by atoms with Crippen LogP contribution in [0.4, 0.5) is 11.4 Å². The first-order valence-corrected chi connectivity index (χ1v) is 6.81. The van der Waals surface area contributed by atoms with Gasteiger partial charge in [0, 0.05) is 10.2 Å². The molecule has 0 bridgehead atoms. The monoisotopic (exact) mass is 334 g/mol. The Morgan fingerprint density at radius 3 is 2.70 bits per heavy atom. The number of nitrogens with one attached hydrogen (secondary N) is 1. The van der Waals surface area contributed by atoms with E-state index >= 15 is 0 Å². The summed E-state index contributed by atoms with van der Waals surface area (Å²) in [5, 5.41) is 2.82. The average Bonchev–Trinajstić information content (AvgIpc) is 2.41. The molecule has 0 saturated carbocycles. The van der Waals surface area contributed by atoms with Crippen LogP contribution in [-0.2, 0) is 0 Å². The number of nitrogens with two attached hydrogens (primary N) is 1. The first kappa shape index (κ1) is 14.4. The van der Waals surface area contributed by atoms with Crippen LogP contribution < -0.4 is 15.8 Å². The molecule has 2 rings (SSSR count). The van der Waals surface area contributed by atoms with E-state index in [4.69, 9.17) is 10.5 Å². The molecule has 0 fully saturated rings. The molecule has 20 heavy (non-hydrogen) atoms. The third kappa shape index (κ3) is 3.11. The minimum atomic E-state index is -0.271. The molecular formula is C15H15BrN2O2. The van der Waals surface area contributed by atoms with E-state index in [0.717, 1.165) is 10.0 Å². The van der Waals surface area contributed by atoms with Crippen molar-refractivity contribution in [2.45, 2.75) is 6.92 Å². The van der Waals surface area contributed by atoms with Crippen LogP contribution in [0.5, 0.6) is 5.75 Å². The fraction of sp³-hybridized carbons (Fsp3) is 0.133. The number of methoxy groups -OCH3 is 1. The molecule has 3 N–H and O–H groups in total. The lowest BCUT2D eigenvalue weighted by molar-refractivity contribution is 0.102. The first-order chi connectivity index (χ1) is 9.51. The van der Waals surface area contributed by atoms with Crippen LogP contribution in [0.1, 0.15) is 15.9 Å². The summed E-state index contributed by atoms with van der Waals surface area (Å²) in [6.45, 7) is 1.95. The number of amides is 1. The molecule has 0 aliphatic heterocycles. The zero-order valence-electron chi connectivity index (χ0n) is 11.2. The Morgan fingerprint density at radius 2 is 2.00 bits per heavy atom. The molecule has 0 aromatic heterocycles. The van der Waals surface area contributed by atoms with Gasteiger partial charge in [0.2, 0.25) is 0 Å². The maximum absolute atomic E-state index is 12.3. The van der Waals surface area contributed by atoms with Crippen LogP contribution in [0.2, 0.25) is 0 Å². The van der Waals surface area contributed by atoms with Gasteiger partial charge in [0.25, 0.3) is 5.91 Å². The van der Waals surface area contributed by atoms with Crippen molar-refractivity contribution >= 4 is 33.2 Å². The van der Waals surface area contributed by atoms with E-state index in [0.29, 0.717) is 22.7 Å². The SMILES string of the molecule is COc1ccc(C)cc1NC(=O)c1cc(Br)ccc1N. The summed E-state index contributed by atoms with van der Waals surface area (Å²) in [4.78, 5) is 12.3. The van der Waals surface area contributed by atoms with Crippen molar-refractivity contribution in [3.63, 3.8) is 0 Å². The van der Waals surface area contributed by atoms with Crippen molar-refractivity contribution in [3.05, 3.63) is 52.0 Å². The molecule has 2 aromatic rings. The third-order valence-electron chi connectivity index (χ3n) is 2.86. The molecule has 0 saturated heterocycles. The second-order valence-electron chi connectivity index (χ2n) is 4.39. The summed E-state index contributed by atoms with van der Waals surface area (Å²) in [5.41, 5.74) is 8.33. The third-order valence-corrected chi connectivity index (χ3v) is 3.36. The Morgan fingerprint density at radius 1 is 1.25 bits per heavy atom. The number of nitrogen functional groups attached to an aromatic ring is 1. The summed E-state index contributed by atoms with van der Waals surface area (Å²) in [5.74, 6) is 0.338. The van der Waals surface area contributed by atoms with Crippen molar-refractivity contribution in [2.75, 3.05) is 18.2 Å². The fourth-order valence-corrected chi connectivity index (χ4v) is 2.20. The van der Waals surface area contributed by atoms with Gasteiger partial charge in [-0.3, -0.25) is 4.79 Å². The summed E-state index contributed by atoms with van der Waals surface area (Å²) >= 11 is 3.33. The number of anilines is 2. The standard InChI is InChI=1S/C15H15BrN2O2/c1-9-3-6-14(20-2)13(7-9)18-15(19)11-8-10(16)4-5-12(11)17/h3-8H,17H2,1-2H3,(H,18,19). The van der Waals surface area contributed by atoms with Crippen LogP contribution in [-0.4, -0.2) is 13.0 Å². The van der Waals surface area contributed by atoms with Gasteiger partial charge in [0.05, 0.1) is 18.4 Å². The Kier molecular flexibility index (Phi) is 4.29. The van der Waals surface area contributed by atoms with Gasteiger partial charge in [0.15, 0.2) is 0 Å². The lowest BCUT2D eigenvalue weighted by Gasteiger charge is -2.12. The van der Waals surface area contributed by atoms with Gasteiger partial charge in [-0.15, -0.1) is 0 Å². The molecule has 0 spiro atoms. The highest BCUT2D eigenvalue weighted by molar-refractivity contribution is 9.10. The molecule has 2 aromatic carbocycles. The molecule has 104 valence electrons. The molecular weight excluding hydrogens is 320 g/mol. The van der Waals surface area contributed by atoms with Gasteiger partial charge in [-0.1, -0.05) is 22.0 Å². The van der Waals surface area contributed by atoms with E-state index in [1.54, 1.807) is 25.3 Å². The van der Waals surface area contributed by atoms with Crippen LogP contribution in [0, 0.1) is 6.92 Å². The molecule has 4 nitrogen and oxygen atoms in total. The van der Waals surface area contributed by atoms with Gasteiger partial charge in [-0.2, -0.15) is 0 Å². The van der Waals surface area contributed by atoms with Crippen molar-refractivity contribution in [1.29, 1.82) is 0 Å². The van der Waals surface area contributed by atoms with E-state index in [1.165, 1.54) is 0 Å². The number of halogens is 1. The molecule has 0 heterocycles. The molecule has 5 heteroatoms. The van der Waals surface area contributed by atoms with Crippen molar-refractivity contribution in [1.82, 2.24) is 0 Å². The second-order valence-corrected chi connectivity index (χ2v) is 5.31. The van der Waals surface area contributed by atoms with E-state index in [1.807, 2.05) is 25.1 Å². The highest BCUT2D eigenvalue weighted by atomic mass is 79.9. The minimum absolute atomic E-state index is 0.271. The zero-order valence-corrected chi connectivity index (χ0v) is 12.8. The number of carbonyl (C=O) groups excluding carboxylic acids is 1. The van der Waals surface area contributed by atoms with Crippen molar-refractivity contribution in [2.24, 2.45) is 0 Å². The van der Waals surface area contributed by atoms with Crippen molar-refractivity contribution < 1.29 is 9.53 Å². The number of rotatable bonds is 3. The number of hydrogen-bond acceptors (Lipinski definition) is 3. The van der Waals surface area contributed by atoms with Crippen LogP contribution in [0.3, 0.4) is 0 Å². The fourth-order valence-electron chi connectivity index (χ4n) is 1.83. The first-order valence-electron chi connectivity index (χ1n) is 6.02. The lowest BCUT2D eigenvalue weighted by Crippen LogP contribution is -2.14. The largest absolute Gasteiger partial charge is 0.495 e. The molecule has 0 aliphatic rings. The molecule has 0 atom stereocenters. The van der Waals surface area contributed by atoms with Crippen LogP contribution in [0.25, 0.3) is 0 Å². The highest BCUT2D eigenvalue weighted by Gasteiger charge is 2.13. The molecule has 0 aliphatic carbocycles. The number of hydrogen-bond donors (Lipinski definition) is 2. The second kappa shape index (κ2) is 5.96. The molecule has 0 unspecified atom stereocenters. The van der Waals surface area contributed by atoms with E-state index in [-0.39, 0.29) is 5.91 Å². The smallest absolute Gasteiger partial charge is 0.257 e. The van der Waals surface area contributed by atoms with Gasteiger partial charge in [-0.25, -0.2) is 0 Å². The number of aryl methyl sites for hydroxylation is 1. The Balaban J connectivity index is 2.32.